The van der Waals surface area contributed by atoms with Gasteiger partial charge in [-0.25, -0.2) is 8.42 Å². The molecule has 1 heterocycles. The summed E-state index contributed by atoms with van der Waals surface area (Å²) in [5.74, 6) is 0.220. The molecule has 3 rings (SSSR count). The number of sulfonamides is 1. The Morgan fingerprint density at radius 2 is 1.72 bits per heavy atom. The van der Waals surface area contributed by atoms with Crippen LogP contribution in [0.2, 0.25) is 0 Å². The molecule has 0 radical (unpaired) electrons. The maximum Gasteiger partial charge on any atom is 0.243 e. The van der Waals surface area contributed by atoms with Crippen LogP contribution >= 0.6 is 12.4 Å². The van der Waals surface area contributed by atoms with Crippen molar-refractivity contribution in [3.63, 3.8) is 0 Å². The van der Waals surface area contributed by atoms with Gasteiger partial charge in [-0.2, -0.15) is 4.31 Å². The van der Waals surface area contributed by atoms with Crippen LogP contribution in [0, 0.1) is 5.92 Å². The average molecular weight is 381 g/mol. The fraction of sp³-hybridized carbons (Fsp3) is 0.368. The van der Waals surface area contributed by atoms with Crippen LogP contribution in [0.3, 0.4) is 0 Å². The molecule has 0 aromatic heterocycles. The molecule has 0 bridgehead atoms. The highest BCUT2D eigenvalue weighted by molar-refractivity contribution is 7.89. The number of benzene rings is 2. The van der Waals surface area contributed by atoms with E-state index in [-0.39, 0.29) is 24.4 Å². The number of nitrogens with zero attached hydrogens (tertiary/aromatic N) is 1. The molecule has 2 unspecified atom stereocenters. The Morgan fingerprint density at radius 1 is 1.08 bits per heavy atom. The van der Waals surface area contributed by atoms with E-state index in [1.165, 1.54) is 0 Å². The lowest BCUT2D eigenvalue weighted by Gasteiger charge is -2.34. The smallest absolute Gasteiger partial charge is 0.243 e. The molecule has 1 aliphatic heterocycles. The van der Waals surface area contributed by atoms with E-state index in [9.17, 15) is 8.42 Å². The Morgan fingerprint density at radius 3 is 2.40 bits per heavy atom. The predicted molar refractivity (Wildman–Crippen MR) is 104 cm³/mol. The molecule has 2 atom stereocenters. The minimum absolute atomic E-state index is 0. The largest absolute Gasteiger partial charge is 0.328 e. The number of nitrogens with two attached hydrogens (primary N) is 1. The number of hydrogen-bond donors (Lipinski definition) is 1. The number of halogens is 1. The van der Waals surface area contributed by atoms with Crippen molar-refractivity contribution in [1.29, 1.82) is 0 Å². The summed E-state index contributed by atoms with van der Waals surface area (Å²) in [6.45, 7) is 3.02. The van der Waals surface area contributed by atoms with Gasteiger partial charge in [-0.15, -0.1) is 12.4 Å². The molecular formula is C19H25ClN2O2S. The highest BCUT2D eigenvalue weighted by Gasteiger charge is 2.32. The van der Waals surface area contributed by atoms with Crippen molar-refractivity contribution < 1.29 is 8.42 Å². The lowest BCUT2D eigenvalue weighted by Crippen LogP contribution is -2.45. The molecule has 2 aromatic carbocycles. The second-order valence-electron chi connectivity index (χ2n) is 6.49. The molecule has 6 heteroatoms. The van der Waals surface area contributed by atoms with E-state index in [0.29, 0.717) is 18.0 Å². The standard InChI is InChI=1S/C19H24N2O2S.ClH/c1-15(20)17-10-7-13-21(14-17)24(22,23)19-12-6-5-11-18(19)16-8-3-2-4-9-16;/h2-6,8-9,11-12,15,17H,7,10,13-14,20H2,1H3;1H. The average Bonchev–Trinajstić information content (AvgIpc) is 2.62. The summed E-state index contributed by atoms with van der Waals surface area (Å²) in [4.78, 5) is 0.376. The van der Waals surface area contributed by atoms with Crippen molar-refractivity contribution in [2.45, 2.75) is 30.7 Å². The summed E-state index contributed by atoms with van der Waals surface area (Å²) in [7, 11) is -3.53. The quantitative estimate of drug-likeness (QED) is 0.882. The van der Waals surface area contributed by atoms with Crippen LogP contribution < -0.4 is 5.73 Å². The Bertz CT molecular complexity index is 794. The van der Waals surface area contributed by atoms with Gasteiger partial charge in [0.15, 0.2) is 0 Å². The lowest BCUT2D eigenvalue weighted by molar-refractivity contribution is 0.243. The topological polar surface area (TPSA) is 63.4 Å². The number of hydrogen-bond acceptors (Lipinski definition) is 3. The van der Waals surface area contributed by atoms with Crippen molar-refractivity contribution >= 4 is 22.4 Å². The highest BCUT2D eigenvalue weighted by atomic mass is 35.5. The Hall–Kier alpha value is -1.40. The minimum Gasteiger partial charge on any atom is -0.328 e. The zero-order valence-electron chi connectivity index (χ0n) is 14.3. The second-order valence-corrected chi connectivity index (χ2v) is 8.39. The first kappa shape index (κ1) is 19.9. The third kappa shape index (κ3) is 4.23. The number of rotatable bonds is 4. The zero-order valence-corrected chi connectivity index (χ0v) is 16.0. The fourth-order valence-electron chi connectivity index (χ4n) is 3.31. The molecule has 0 aliphatic carbocycles. The van der Waals surface area contributed by atoms with Gasteiger partial charge in [0.25, 0.3) is 0 Å². The molecule has 1 aliphatic rings. The van der Waals surface area contributed by atoms with Crippen molar-refractivity contribution in [3.8, 4) is 11.1 Å². The van der Waals surface area contributed by atoms with Crippen LogP contribution in [0.15, 0.2) is 59.5 Å². The summed E-state index contributed by atoms with van der Waals surface area (Å²) in [6, 6.07) is 16.9. The van der Waals surface area contributed by atoms with Gasteiger partial charge in [-0.05, 0) is 37.3 Å². The minimum atomic E-state index is -3.53. The molecular weight excluding hydrogens is 356 g/mol. The van der Waals surface area contributed by atoms with Crippen molar-refractivity contribution in [1.82, 2.24) is 4.31 Å². The van der Waals surface area contributed by atoms with Gasteiger partial charge in [0, 0.05) is 24.7 Å². The summed E-state index contributed by atoms with van der Waals surface area (Å²) >= 11 is 0. The summed E-state index contributed by atoms with van der Waals surface area (Å²) in [5.41, 5.74) is 7.68. The first-order valence-electron chi connectivity index (χ1n) is 8.40. The monoisotopic (exact) mass is 380 g/mol. The van der Waals surface area contributed by atoms with Crippen molar-refractivity contribution in [2.75, 3.05) is 13.1 Å². The van der Waals surface area contributed by atoms with Gasteiger partial charge in [-0.3, -0.25) is 0 Å². The van der Waals surface area contributed by atoms with Gasteiger partial charge < -0.3 is 5.73 Å². The fourth-order valence-corrected chi connectivity index (χ4v) is 5.06. The molecule has 136 valence electrons. The Balaban J connectivity index is 0.00000225. The molecule has 1 saturated heterocycles. The van der Waals surface area contributed by atoms with Crippen molar-refractivity contribution in [2.24, 2.45) is 11.7 Å². The normalized spacial score (nSPS) is 19.8. The molecule has 4 nitrogen and oxygen atoms in total. The Labute approximate surface area is 156 Å². The molecule has 0 spiro atoms. The van der Waals surface area contributed by atoms with E-state index in [1.54, 1.807) is 16.4 Å². The van der Waals surface area contributed by atoms with E-state index in [4.69, 9.17) is 5.73 Å². The van der Waals surface area contributed by atoms with E-state index in [1.807, 2.05) is 49.4 Å². The Kier molecular flexibility index (Phi) is 6.63. The lowest BCUT2D eigenvalue weighted by atomic mass is 9.93. The van der Waals surface area contributed by atoms with E-state index in [2.05, 4.69) is 0 Å². The maximum absolute atomic E-state index is 13.2. The summed E-state index contributed by atoms with van der Waals surface area (Å²) in [5, 5.41) is 0. The summed E-state index contributed by atoms with van der Waals surface area (Å²) < 4.78 is 28.1. The van der Waals surface area contributed by atoms with E-state index < -0.39 is 10.0 Å². The van der Waals surface area contributed by atoms with Gasteiger partial charge in [0.2, 0.25) is 10.0 Å². The van der Waals surface area contributed by atoms with Crippen LogP contribution in [0.5, 0.6) is 0 Å². The van der Waals surface area contributed by atoms with E-state index >= 15 is 0 Å². The van der Waals surface area contributed by atoms with Gasteiger partial charge in [0.1, 0.15) is 0 Å². The second kappa shape index (κ2) is 8.32. The highest BCUT2D eigenvalue weighted by Crippen LogP contribution is 2.31. The molecule has 1 fully saturated rings. The van der Waals surface area contributed by atoms with E-state index in [0.717, 1.165) is 24.0 Å². The van der Waals surface area contributed by atoms with Crippen molar-refractivity contribution in [3.05, 3.63) is 54.6 Å². The SMILES string of the molecule is CC(N)C1CCCN(S(=O)(=O)c2ccccc2-c2ccccc2)C1.Cl. The molecule has 25 heavy (non-hydrogen) atoms. The third-order valence-corrected chi connectivity index (χ3v) is 6.68. The molecule has 2 N–H and O–H groups in total. The van der Waals surface area contributed by atoms with Crippen LogP contribution in [-0.2, 0) is 10.0 Å². The third-order valence-electron chi connectivity index (χ3n) is 4.75. The number of piperidine rings is 1. The molecule has 0 saturated carbocycles. The first-order chi connectivity index (χ1) is 11.5. The predicted octanol–water partition coefficient (Wildman–Crippen LogP) is 3.52. The van der Waals surface area contributed by atoms with Crippen LogP contribution in [-0.4, -0.2) is 31.9 Å². The zero-order chi connectivity index (χ0) is 17.2. The maximum atomic E-state index is 13.2. The summed E-state index contributed by atoms with van der Waals surface area (Å²) in [6.07, 6.45) is 1.85. The van der Waals surface area contributed by atoms with Crippen LogP contribution in [0.1, 0.15) is 19.8 Å². The first-order valence-corrected chi connectivity index (χ1v) is 9.84. The van der Waals surface area contributed by atoms with Gasteiger partial charge >= 0.3 is 0 Å². The van der Waals surface area contributed by atoms with Gasteiger partial charge in [0.05, 0.1) is 4.90 Å². The molecule has 0 amide bonds. The molecule has 2 aromatic rings. The van der Waals surface area contributed by atoms with Gasteiger partial charge in [-0.1, -0.05) is 48.5 Å². The van der Waals surface area contributed by atoms with Crippen LogP contribution in [0.4, 0.5) is 0 Å². The van der Waals surface area contributed by atoms with Crippen LogP contribution in [0.25, 0.3) is 11.1 Å².